The predicted molar refractivity (Wildman–Crippen MR) is 136 cm³/mol. The molecule has 1 aliphatic heterocycles. The molecule has 0 radical (unpaired) electrons. The molecule has 202 valence electrons. The molecular formula is C27H34FN7O3. The van der Waals surface area contributed by atoms with Crippen molar-refractivity contribution in [1.82, 2.24) is 35.0 Å². The van der Waals surface area contributed by atoms with Gasteiger partial charge in [-0.1, -0.05) is 38.1 Å². The Hall–Kier alpha value is -3.60. The molecule has 11 heteroatoms. The molecule has 0 bridgehead atoms. The number of aryl methyl sites for hydroxylation is 1. The summed E-state index contributed by atoms with van der Waals surface area (Å²) in [6.07, 6.45) is 6.66. The summed E-state index contributed by atoms with van der Waals surface area (Å²) in [6.45, 7) is 5.88. The number of hydrogen-bond donors (Lipinski definition) is 2. The normalized spacial score (nSPS) is 21.4. The van der Waals surface area contributed by atoms with Crippen molar-refractivity contribution in [2.24, 2.45) is 12.5 Å². The van der Waals surface area contributed by atoms with Crippen LogP contribution < -0.4 is 5.32 Å². The SMILES string of the molecule is Cn1cc(C(NC(=O)[C@@H]2C[C@@H](O)CN2C(=O)[C@@H](n2cc(C3CC3)nn2)C(C)(C)C)c2ccc(F)cc2)cn1. The summed E-state index contributed by atoms with van der Waals surface area (Å²) in [5.41, 5.74) is 1.74. The van der Waals surface area contributed by atoms with Gasteiger partial charge in [0, 0.05) is 43.9 Å². The lowest BCUT2D eigenvalue weighted by Gasteiger charge is -2.35. The van der Waals surface area contributed by atoms with E-state index in [1.165, 1.54) is 17.0 Å². The van der Waals surface area contributed by atoms with Crippen molar-refractivity contribution in [3.05, 3.63) is 65.5 Å². The minimum Gasteiger partial charge on any atom is -0.391 e. The number of carbonyl (C=O) groups excluding carboxylic acids is 2. The first-order valence-corrected chi connectivity index (χ1v) is 13.0. The van der Waals surface area contributed by atoms with Crippen LogP contribution >= 0.6 is 0 Å². The van der Waals surface area contributed by atoms with Crippen molar-refractivity contribution < 1.29 is 19.1 Å². The Labute approximate surface area is 220 Å². The second-order valence-corrected chi connectivity index (χ2v) is 11.5. The Balaban J connectivity index is 1.41. The van der Waals surface area contributed by atoms with Gasteiger partial charge in [0.05, 0.1) is 24.0 Å². The Bertz CT molecular complexity index is 1310. The number of nitrogens with one attached hydrogen (secondary N) is 1. The Kier molecular flexibility index (Phi) is 6.81. The third kappa shape index (κ3) is 5.33. The van der Waals surface area contributed by atoms with Crippen molar-refractivity contribution in [2.75, 3.05) is 6.54 Å². The van der Waals surface area contributed by atoms with Gasteiger partial charge in [-0.2, -0.15) is 5.10 Å². The van der Waals surface area contributed by atoms with E-state index in [4.69, 9.17) is 0 Å². The number of benzene rings is 1. The maximum atomic E-state index is 14.0. The number of aliphatic hydroxyl groups excluding tert-OH is 1. The zero-order chi connectivity index (χ0) is 27.2. The molecule has 2 aromatic heterocycles. The number of amides is 2. The minimum atomic E-state index is -0.881. The maximum Gasteiger partial charge on any atom is 0.248 e. The monoisotopic (exact) mass is 523 g/mol. The molecule has 10 nitrogen and oxygen atoms in total. The lowest BCUT2D eigenvalue weighted by molar-refractivity contribution is -0.144. The van der Waals surface area contributed by atoms with Gasteiger partial charge in [-0.3, -0.25) is 14.3 Å². The molecule has 3 heterocycles. The number of halogens is 1. The fraction of sp³-hybridized carbons (Fsp3) is 0.519. The Morgan fingerprint density at radius 3 is 2.45 bits per heavy atom. The van der Waals surface area contributed by atoms with E-state index in [9.17, 15) is 19.1 Å². The highest BCUT2D eigenvalue weighted by Gasteiger charge is 2.46. The number of carbonyl (C=O) groups is 2. The second kappa shape index (κ2) is 9.94. The molecule has 2 fully saturated rings. The first kappa shape index (κ1) is 26.0. The quantitative estimate of drug-likeness (QED) is 0.491. The molecule has 2 N–H and O–H groups in total. The third-order valence-corrected chi connectivity index (χ3v) is 7.26. The minimum absolute atomic E-state index is 0.0434. The molecule has 4 atom stereocenters. The highest BCUT2D eigenvalue weighted by molar-refractivity contribution is 5.90. The van der Waals surface area contributed by atoms with E-state index in [0.29, 0.717) is 17.0 Å². The van der Waals surface area contributed by atoms with Crippen LogP contribution in [0.1, 0.15) is 74.9 Å². The van der Waals surface area contributed by atoms with Crippen molar-refractivity contribution in [2.45, 2.75) is 70.2 Å². The summed E-state index contributed by atoms with van der Waals surface area (Å²) >= 11 is 0. The molecule has 0 spiro atoms. The van der Waals surface area contributed by atoms with Gasteiger partial charge in [-0.25, -0.2) is 9.07 Å². The molecule has 1 saturated heterocycles. The summed E-state index contributed by atoms with van der Waals surface area (Å²) in [4.78, 5) is 29.2. The average Bonchev–Trinajstić information content (AvgIpc) is 3.22. The van der Waals surface area contributed by atoms with E-state index in [1.807, 2.05) is 27.0 Å². The molecule has 1 unspecified atom stereocenters. The third-order valence-electron chi connectivity index (χ3n) is 7.26. The largest absolute Gasteiger partial charge is 0.391 e. The van der Waals surface area contributed by atoms with Crippen LogP contribution in [0.2, 0.25) is 0 Å². The van der Waals surface area contributed by atoms with Gasteiger partial charge < -0.3 is 15.3 Å². The van der Waals surface area contributed by atoms with Crippen LogP contribution in [-0.2, 0) is 16.6 Å². The van der Waals surface area contributed by atoms with Gasteiger partial charge in [-0.05, 0) is 36.0 Å². The van der Waals surface area contributed by atoms with Gasteiger partial charge in [0.2, 0.25) is 11.8 Å². The zero-order valence-electron chi connectivity index (χ0n) is 22.1. The zero-order valence-corrected chi connectivity index (χ0v) is 22.1. The van der Waals surface area contributed by atoms with Crippen molar-refractivity contribution >= 4 is 11.8 Å². The number of β-amino-alcohol motifs (C(OH)–C–C–N with tert-alkyl or cyclic N) is 1. The fourth-order valence-electron chi connectivity index (χ4n) is 5.17. The van der Waals surface area contributed by atoms with E-state index in [0.717, 1.165) is 18.5 Å². The van der Waals surface area contributed by atoms with E-state index in [-0.39, 0.29) is 24.7 Å². The first-order chi connectivity index (χ1) is 18.0. The van der Waals surface area contributed by atoms with Crippen molar-refractivity contribution in [3.63, 3.8) is 0 Å². The van der Waals surface area contributed by atoms with Crippen LogP contribution in [0.4, 0.5) is 4.39 Å². The number of nitrogens with zero attached hydrogens (tertiary/aromatic N) is 6. The van der Waals surface area contributed by atoms with Crippen LogP contribution in [0.3, 0.4) is 0 Å². The Morgan fingerprint density at radius 1 is 1.13 bits per heavy atom. The highest BCUT2D eigenvalue weighted by atomic mass is 19.1. The topological polar surface area (TPSA) is 118 Å². The van der Waals surface area contributed by atoms with Gasteiger partial charge in [-0.15, -0.1) is 5.10 Å². The molecule has 1 saturated carbocycles. The maximum absolute atomic E-state index is 14.0. The van der Waals surface area contributed by atoms with Crippen LogP contribution in [0, 0.1) is 11.2 Å². The van der Waals surface area contributed by atoms with Crippen LogP contribution in [0.15, 0.2) is 42.9 Å². The van der Waals surface area contributed by atoms with Crippen molar-refractivity contribution in [3.8, 4) is 0 Å². The van der Waals surface area contributed by atoms with Gasteiger partial charge >= 0.3 is 0 Å². The summed E-state index contributed by atoms with van der Waals surface area (Å²) in [5, 5.41) is 26.3. The summed E-state index contributed by atoms with van der Waals surface area (Å²) in [5.74, 6) is -0.687. The average molecular weight is 524 g/mol. The van der Waals surface area contributed by atoms with E-state index in [1.54, 1.807) is 40.9 Å². The molecule has 2 aliphatic rings. The first-order valence-electron chi connectivity index (χ1n) is 13.0. The molecule has 38 heavy (non-hydrogen) atoms. The Morgan fingerprint density at radius 2 is 1.84 bits per heavy atom. The number of rotatable bonds is 7. The molecule has 3 aromatic rings. The molecular weight excluding hydrogens is 489 g/mol. The number of aromatic nitrogens is 5. The highest BCUT2D eigenvalue weighted by Crippen LogP contribution is 2.40. The summed E-state index contributed by atoms with van der Waals surface area (Å²) < 4.78 is 16.8. The fourth-order valence-corrected chi connectivity index (χ4v) is 5.17. The number of aliphatic hydroxyl groups is 1. The van der Waals surface area contributed by atoms with Crippen LogP contribution in [-0.4, -0.2) is 65.3 Å². The lowest BCUT2D eigenvalue weighted by Crippen LogP contribution is -2.51. The number of likely N-dealkylation sites (tertiary alicyclic amines) is 1. The van der Waals surface area contributed by atoms with Gasteiger partial charge in [0.25, 0.3) is 0 Å². The summed E-state index contributed by atoms with van der Waals surface area (Å²) in [7, 11) is 1.77. The predicted octanol–water partition coefficient (Wildman–Crippen LogP) is 2.48. The lowest BCUT2D eigenvalue weighted by atomic mass is 9.85. The standard InChI is InChI=1S/C27H34FN7O3/c1-27(2,3)24(35-15-21(31-32-35)16-5-6-16)26(38)34-14-20(36)11-22(34)25(37)30-23(18-12-29-33(4)13-18)17-7-9-19(28)10-8-17/h7-10,12-13,15-16,20,22-24,36H,5-6,11,14H2,1-4H3,(H,30,37)/t20-,22+,23?,24-/m1/s1. The smallest absolute Gasteiger partial charge is 0.248 e. The molecule has 1 aliphatic carbocycles. The van der Waals surface area contributed by atoms with Crippen LogP contribution in [0.5, 0.6) is 0 Å². The second-order valence-electron chi connectivity index (χ2n) is 11.5. The van der Waals surface area contributed by atoms with E-state index >= 15 is 0 Å². The molecule has 1 aromatic carbocycles. The van der Waals surface area contributed by atoms with Gasteiger partial charge in [0.15, 0.2) is 0 Å². The van der Waals surface area contributed by atoms with E-state index < -0.39 is 35.6 Å². The molecule has 2 amide bonds. The van der Waals surface area contributed by atoms with Crippen LogP contribution in [0.25, 0.3) is 0 Å². The number of hydrogen-bond acceptors (Lipinski definition) is 6. The summed E-state index contributed by atoms with van der Waals surface area (Å²) in [6, 6.07) is 3.70. The van der Waals surface area contributed by atoms with Gasteiger partial charge in [0.1, 0.15) is 17.9 Å². The van der Waals surface area contributed by atoms with Crippen molar-refractivity contribution in [1.29, 1.82) is 0 Å². The van der Waals surface area contributed by atoms with E-state index in [2.05, 4.69) is 20.7 Å². The molecule has 5 rings (SSSR count).